The molecule has 176 valence electrons. The van der Waals surface area contributed by atoms with Crippen LogP contribution >= 0.6 is 15.9 Å². The monoisotopic (exact) mass is 531 g/mol. The van der Waals surface area contributed by atoms with Crippen LogP contribution in [0, 0.1) is 6.92 Å². The molecule has 0 aliphatic carbocycles. The average molecular weight is 532 g/mol. The Morgan fingerprint density at radius 2 is 1.83 bits per heavy atom. The molecule has 1 aliphatic heterocycles. The van der Waals surface area contributed by atoms with E-state index in [1.54, 1.807) is 36.4 Å². The number of halogens is 1. The highest BCUT2D eigenvalue weighted by Crippen LogP contribution is 2.43. The van der Waals surface area contributed by atoms with Crippen LogP contribution in [0.5, 0.6) is 5.75 Å². The smallest absolute Gasteiger partial charge is 0.294 e. The molecule has 1 N–H and O–H groups in total. The van der Waals surface area contributed by atoms with E-state index in [9.17, 15) is 14.7 Å². The molecule has 1 amide bonds. The molecule has 0 fully saturated rings. The van der Waals surface area contributed by atoms with E-state index in [2.05, 4.69) is 15.9 Å². The molecule has 3 aromatic carbocycles. The Labute approximate surface area is 210 Å². The van der Waals surface area contributed by atoms with Crippen molar-refractivity contribution in [3.05, 3.63) is 105 Å². The second-order valence-electron chi connectivity index (χ2n) is 8.25. The maximum absolute atomic E-state index is 13.7. The molecular formula is C28H22BrNO5. The zero-order valence-corrected chi connectivity index (χ0v) is 20.7. The molecule has 0 radical (unpaired) electrons. The minimum absolute atomic E-state index is 0.0173. The number of furan rings is 1. The van der Waals surface area contributed by atoms with Crippen LogP contribution in [-0.4, -0.2) is 23.4 Å². The van der Waals surface area contributed by atoms with Gasteiger partial charge in [0.05, 0.1) is 18.2 Å². The number of anilines is 1. The highest BCUT2D eigenvalue weighted by Gasteiger charge is 2.45. The first-order chi connectivity index (χ1) is 16.9. The molecule has 5 rings (SSSR count). The van der Waals surface area contributed by atoms with Gasteiger partial charge in [0.2, 0.25) is 5.78 Å². The summed E-state index contributed by atoms with van der Waals surface area (Å²) < 4.78 is 12.2. The van der Waals surface area contributed by atoms with Crippen LogP contribution in [0.2, 0.25) is 0 Å². The standard InChI is InChI=1S/C28H22BrNO5/c1-3-34-20-11-9-19(10-12-20)30-25(21-7-5-4-6-16(21)2)24(27(32)28(30)33)26(31)23-15-17-14-18(29)8-13-22(17)35-23/h4-15,25,32H,3H2,1-2H3. The van der Waals surface area contributed by atoms with Gasteiger partial charge in [-0.1, -0.05) is 40.2 Å². The molecule has 0 bridgehead atoms. The molecule has 2 heterocycles. The molecule has 0 spiro atoms. The summed E-state index contributed by atoms with van der Waals surface area (Å²) >= 11 is 3.42. The lowest BCUT2D eigenvalue weighted by Crippen LogP contribution is -2.31. The van der Waals surface area contributed by atoms with E-state index in [0.717, 1.165) is 21.0 Å². The van der Waals surface area contributed by atoms with Gasteiger partial charge < -0.3 is 14.3 Å². The van der Waals surface area contributed by atoms with E-state index in [-0.39, 0.29) is 11.3 Å². The number of ketones is 1. The molecular weight excluding hydrogens is 510 g/mol. The van der Waals surface area contributed by atoms with Crippen molar-refractivity contribution in [3.8, 4) is 5.75 Å². The van der Waals surface area contributed by atoms with Crippen LogP contribution in [0.1, 0.15) is 34.6 Å². The summed E-state index contributed by atoms with van der Waals surface area (Å²) in [4.78, 5) is 28.6. The highest BCUT2D eigenvalue weighted by atomic mass is 79.9. The van der Waals surface area contributed by atoms with Gasteiger partial charge in [-0.15, -0.1) is 0 Å². The summed E-state index contributed by atoms with van der Waals surface area (Å²) in [5.41, 5.74) is 2.68. The number of aryl methyl sites for hydroxylation is 1. The molecule has 6 nitrogen and oxygen atoms in total. The van der Waals surface area contributed by atoms with Crippen LogP contribution in [0.15, 0.2) is 93.0 Å². The first-order valence-corrected chi connectivity index (χ1v) is 12.0. The van der Waals surface area contributed by atoms with Crippen molar-refractivity contribution < 1.29 is 23.8 Å². The first-order valence-electron chi connectivity index (χ1n) is 11.2. The van der Waals surface area contributed by atoms with Crippen molar-refractivity contribution in [2.75, 3.05) is 11.5 Å². The van der Waals surface area contributed by atoms with Crippen molar-refractivity contribution in [1.82, 2.24) is 0 Å². The fourth-order valence-corrected chi connectivity index (χ4v) is 4.80. The Morgan fingerprint density at radius 1 is 1.09 bits per heavy atom. The number of rotatable bonds is 6. The molecule has 7 heteroatoms. The number of fused-ring (bicyclic) bond motifs is 1. The van der Waals surface area contributed by atoms with Gasteiger partial charge in [-0.3, -0.25) is 14.5 Å². The highest BCUT2D eigenvalue weighted by molar-refractivity contribution is 9.10. The van der Waals surface area contributed by atoms with Gasteiger partial charge >= 0.3 is 0 Å². The molecule has 0 saturated heterocycles. The Hall–Kier alpha value is -3.84. The third-order valence-electron chi connectivity index (χ3n) is 6.06. The fourth-order valence-electron chi connectivity index (χ4n) is 4.42. The summed E-state index contributed by atoms with van der Waals surface area (Å²) in [6.45, 7) is 4.32. The summed E-state index contributed by atoms with van der Waals surface area (Å²) in [6.07, 6.45) is 0. The lowest BCUT2D eigenvalue weighted by molar-refractivity contribution is -0.117. The second kappa shape index (κ2) is 9.07. The maximum Gasteiger partial charge on any atom is 0.294 e. The predicted molar refractivity (Wildman–Crippen MR) is 137 cm³/mol. The molecule has 1 aromatic heterocycles. The van der Waals surface area contributed by atoms with E-state index >= 15 is 0 Å². The van der Waals surface area contributed by atoms with E-state index in [1.165, 1.54) is 4.90 Å². The fraction of sp³-hybridized carbons (Fsp3) is 0.143. The van der Waals surface area contributed by atoms with Crippen LogP contribution < -0.4 is 9.64 Å². The number of amides is 1. The summed E-state index contributed by atoms with van der Waals surface area (Å²) in [5.74, 6) is -1.05. The van der Waals surface area contributed by atoms with E-state index in [4.69, 9.17) is 9.15 Å². The quantitative estimate of drug-likeness (QED) is 0.280. The topological polar surface area (TPSA) is 80.0 Å². The SMILES string of the molecule is CCOc1ccc(N2C(=O)C(O)=C(C(=O)c3cc4cc(Br)ccc4o3)C2c2ccccc2C)cc1. The summed E-state index contributed by atoms with van der Waals surface area (Å²) in [6, 6.07) is 20.7. The Morgan fingerprint density at radius 3 is 2.54 bits per heavy atom. The third-order valence-corrected chi connectivity index (χ3v) is 6.56. The maximum atomic E-state index is 13.7. The van der Waals surface area contributed by atoms with Crippen molar-refractivity contribution in [1.29, 1.82) is 0 Å². The number of carbonyl (C=O) groups excluding carboxylic acids is 2. The van der Waals surface area contributed by atoms with Crippen molar-refractivity contribution in [2.24, 2.45) is 0 Å². The lowest BCUT2D eigenvalue weighted by Gasteiger charge is -2.28. The van der Waals surface area contributed by atoms with Crippen molar-refractivity contribution in [3.63, 3.8) is 0 Å². The van der Waals surface area contributed by atoms with Crippen LogP contribution in [0.3, 0.4) is 0 Å². The minimum Gasteiger partial charge on any atom is -0.503 e. The number of hydrogen-bond acceptors (Lipinski definition) is 5. The van der Waals surface area contributed by atoms with Crippen molar-refractivity contribution in [2.45, 2.75) is 19.9 Å². The van der Waals surface area contributed by atoms with E-state index in [0.29, 0.717) is 23.6 Å². The minimum atomic E-state index is -0.825. The van der Waals surface area contributed by atoms with E-state index in [1.807, 2.05) is 50.2 Å². The molecule has 1 atom stereocenters. The largest absolute Gasteiger partial charge is 0.503 e. The molecule has 1 aliphatic rings. The molecule has 35 heavy (non-hydrogen) atoms. The van der Waals surface area contributed by atoms with Crippen LogP contribution in [0.25, 0.3) is 11.0 Å². The zero-order chi connectivity index (χ0) is 24.7. The number of hydrogen-bond donors (Lipinski definition) is 1. The lowest BCUT2D eigenvalue weighted by atomic mass is 9.92. The summed E-state index contributed by atoms with van der Waals surface area (Å²) in [5, 5.41) is 11.7. The molecule has 0 saturated carbocycles. The number of ether oxygens (including phenoxy) is 1. The van der Waals surface area contributed by atoms with Crippen molar-refractivity contribution >= 4 is 44.3 Å². The number of aliphatic hydroxyl groups is 1. The number of nitrogens with zero attached hydrogens (tertiary/aromatic N) is 1. The average Bonchev–Trinajstić information content (AvgIpc) is 3.38. The number of aliphatic hydroxyl groups excluding tert-OH is 1. The van der Waals surface area contributed by atoms with E-state index < -0.39 is 23.5 Å². The molecule has 4 aromatic rings. The second-order valence-corrected chi connectivity index (χ2v) is 9.16. The van der Waals surface area contributed by atoms with Gasteiger partial charge in [0.1, 0.15) is 11.3 Å². The number of carbonyl (C=O) groups is 2. The molecule has 1 unspecified atom stereocenters. The van der Waals surface area contributed by atoms with Gasteiger partial charge in [0, 0.05) is 15.5 Å². The van der Waals surface area contributed by atoms with Gasteiger partial charge in [0.25, 0.3) is 5.91 Å². The zero-order valence-electron chi connectivity index (χ0n) is 19.1. The number of Topliss-reactive ketones (excluding diaryl/α,β-unsaturated/α-hetero) is 1. The predicted octanol–water partition coefficient (Wildman–Crippen LogP) is 6.69. The summed E-state index contributed by atoms with van der Waals surface area (Å²) in [7, 11) is 0. The number of benzene rings is 3. The Bertz CT molecular complexity index is 1490. The Kier molecular flexibility index (Phi) is 5.94. The van der Waals surface area contributed by atoms with Crippen LogP contribution in [-0.2, 0) is 4.79 Å². The van der Waals surface area contributed by atoms with Gasteiger partial charge in [-0.2, -0.15) is 0 Å². The van der Waals surface area contributed by atoms with Gasteiger partial charge in [-0.25, -0.2) is 0 Å². The van der Waals surface area contributed by atoms with Gasteiger partial charge in [0.15, 0.2) is 11.5 Å². The normalized spacial score (nSPS) is 15.8. The first kappa shape index (κ1) is 22.9. The Balaban J connectivity index is 1.63. The third kappa shape index (κ3) is 4.02. The van der Waals surface area contributed by atoms with Gasteiger partial charge in [-0.05, 0) is 73.5 Å². The van der Waals surface area contributed by atoms with Crippen LogP contribution in [0.4, 0.5) is 5.69 Å².